The number of hydrogen-bond acceptors (Lipinski definition) is 5. The lowest BCUT2D eigenvalue weighted by Crippen LogP contribution is -2.18. The van der Waals surface area contributed by atoms with Crippen LogP contribution in [0.5, 0.6) is 5.75 Å². The summed E-state index contributed by atoms with van der Waals surface area (Å²) in [4.78, 5) is 23.5. The van der Waals surface area contributed by atoms with E-state index in [0.29, 0.717) is 17.9 Å². The molecule has 0 amide bonds. The molecule has 0 saturated carbocycles. The lowest BCUT2D eigenvalue weighted by molar-refractivity contribution is -0.147. The summed E-state index contributed by atoms with van der Waals surface area (Å²) in [6.45, 7) is 7.25. The van der Waals surface area contributed by atoms with Crippen LogP contribution in [0.1, 0.15) is 29.7 Å². The van der Waals surface area contributed by atoms with E-state index in [0.717, 1.165) is 11.1 Å². The Morgan fingerprint density at radius 2 is 1.81 bits per heavy atom. The third-order valence-corrected chi connectivity index (χ3v) is 3.73. The molecule has 2 aromatic rings. The van der Waals surface area contributed by atoms with Crippen LogP contribution in [-0.2, 0) is 25.7 Å². The Balaban J connectivity index is 2.36. The van der Waals surface area contributed by atoms with E-state index in [1.165, 1.54) is 14.0 Å². The van der Waals surface area contributed by atoms with Gasteiger partial charge in [-0.1, -0.05) is 48.5 Å². The van der Waals surface area contributed by atoms with Crippen LogP contribution in [0.2, 0.25) is 0 Å². The molecule has 5 heteroatoms. The number of benzene rings is 2. The number of methoxy groups -OCH3 is 1. The standard InChI is InChI=1S/C21H22O5/c1-14-10-11-19(25-13-17-8-6-5-7-9-17)18(12-14)20(26-16(3)22)15(2)21(23)24-4/h5-12,20H,2,13H2,1,3-4H3. The molecular weight excluding hydrogens is 332 g/mol. The van der Waals surface area contributed by atoms with E-state index in [1.54, 1.807) is 6.07 Å². The Kier molecular flexibility index (Phi) is 6.55. The molecule has 0 bridgehead atoms. The van der Waals surface area contributed by atoms with E-state index >= 15 is 0 Å². The molecule has 0 aliphatic heterocycles. The molecule has 136 valence electrons. The molecule has 5 nitrogen and oxygen atoms in total. The Morgan fingerprint density at radius 3 is 2.42 bits per heavy atom. The van der Waals surface area contributed by atoms with Crippen LogP contribution < -0.4 is 4.74 Å². The quantitative estimate of drug-likeness (QED) is 0.557. The van der Waals surface area contributed by atoms with Gasteiger partial charge in [0, 0.05) is 12.5 Å². The van der Waals surface area contributed by atoms with Gasteiger partial charge >= 0.3 is 11.9 Å². The first kappa shape index (κ1) is 19.2. The van der Waals surface area contributed by atoms with Crippen LogP contribution in [0, 0.1) is 6.92 Å². The highest BCUT2D eigenvalue weighted by Gasteiger charge is 2.27. The topological polar surface area (TPSA) is 61.8 Å². The van der Waals surface area contributed by atoms with Gasteiger partial charge in [0.25, 0.3) is 0 Å². The van der Waals surface area contributed by atoms with Crippen LogP contribution in [0.4, 0.5) is 0 Å². The molecule has 0 aliphatic carbocycles. The summed E-state index contributed by atoms with van der Waals surface area (Å²) in [7, 11) is 1.25. The maximum absolute atomic E-state index is 11.9. The van der Waals surface area contributed by atoms with Crippen molar-refractivity contribution in [3.8, 4) is 5.75 Å². The van der Waals surface area contributed by atoms with Gasteiger partial charge in [0.1, 0.15) is 12.4 Å². The zero-order valence-corrected chi connectivity index (χ0v) is 15.2. The highest BCUT2D eigenvalue weighted by Crippen LogP contribution is 2.34. The van der Waals surface area contributed by atoms with Crippen LogP contribution in [-0.4, -0.2) is 19.0 Å². The second kappa shape index (κ2) is 8.85. The van der Waals surface area contributed by atoms with Crippen LogP contribution in [0.15, 0.2) is 60.7 Å². The Bertz CT molecular complexity index is 795. The molecule has 0 spiro atoms. The summed E-state index contributed by atoms with van der Waals surface area (Å²) in [6, 6.07) is 15.2. The Labute approximate surface area is 153 Å². The van der Waals surface area contributed by atoms with E-state index in [4.69, 9.17) is 14.2 Å². The van der Waals surface area contributed by atoms with Crippen molar-refractivity contribution in [1.82, 2.24) is 0 Å². The van der Waals surface area contributed by atoms with Crippen molar-refractivity contribution in [1.29, 1.82) is 0 Å². The predicted molar refractivity (Wildman–Crippen MR) is 97.6 cm³/mol. The maximum atomic E-state index is 11.9. The summed E-state index contributed by atoms with van der Waals surface area (Å²) < 4.78 is 16.0. The van der Waals surface area contributed by atoms with E-state index in [9.17, 15) is 9.59 Å². The molecule has 0 aromatic heterocycles. The zero-order valence-electron chi connectivity index (χ0n) is 15.2. The summed E-state index contributed by atoms with van der Waals surface area (Å²) in [6.07, 6.45) is -0.981. The molecule has 1 atom stereocenters. The summed E-state index contributed by atoms with van der Waals surface area (Å²) >= 11 is 0. The van der Waals surface area contributed by atoms with E-state index in [-0.39, 0.29) is 5.57 Å². The molecular formula is C21H22O5. The van der Waals surface area contributed by atoms with Gasteiger partial charge < -0.3 is 14.2 Å². The van der Waals surface area contributed by atoms with Crippen molar-refractivity contribution in [3.63, 3.8) is 0 Å². The van der Waals surface area contributed by atoms with Crippen molar-refractivity contribution in [3.05, 3.63) is 77.4 Å². The predicted octanol–water partition coefficient (Wildman–Crippen LogP) is 3.91. The highest BCUT2D eigenvalue weighted by molar-refractivity contribution is 5.89. The SMILES string of the molecule is C=C(C(=O)OC)C(OC(C)=O)c1cc(C)ccc1OCc1ccccc1. The molecule has 0 N–H and O–H groups in total. The average molecular weight is 354 g/mol. The van der Waals surface area contributed by atoms with E-state index < -0.39 is 18.0 Å². The Morgan fingerprint density at radius 1 is 1.12 bits per heavy atom. The molecule has 0 heterocycles. The number of esters is 2. The van der Waals surface area contributed by atoms with E-state index in [2.05, 4.69) is 6.58 Å². The second-order valence-corrected chi connectivity index (χ2v) is 5.82. The summed E-state index contributed by atoms with van der Waals surface area (Å²) in [5.41, 5.74) is 2.50. The van der Waals surface area contributed by atoms with Crippen molar-refractivity contribution >= 4 is 11.9 Å². The highest BCUT2D eigenvalue weighted by atomic mass is 16.6. The van der Waals surface area contributed by atoms with Crippen molar-refractivity contribution < 1.29 is 23.8 Å². The fourth-order valence-electron chi connectivity index (χ4n) is 2.47. The first-order chi connectivity index (χ1) is 12.4. The monoisotopic (exact) mass is 354 g/mol. The normalized spacial score (nSPS) is 11.3. The van der Waals surface area contributed by atoms with Crippen LogP contribution >= 0.6 is 0 Å². The summed E-state index contributed by atoms with van der Waals surface area (Å²) in [5.74, 6) is -0.668. The van der Waals surface area contributed by atoms with Crippen molar-refractivity contribution in [2.45, 2.75) is 26.6 Å². The van der Waals surface area contributed by atoms with Gasteiger partial charge in [-0.15, -0.1) is 0 Å². The smallest absolute Gasteiger partial charge is 0.337 e. The minimum absolute atomic E-state index is 0.0258. The van der Waals surface area contributed by atoms with Crippen LogP contribution in [0.25, 0.3) is 0 Å². The van der Waals surface area contributed by atoms with Crippen molar-refractivity contribution in [2.75, 3.05) is 7.11 Å². The van der Waals surface area contributed by atoms with Gasteiger partial charge in [0.15, 0.2) is 6.10 Å². The molecule has 0 fully saturated rings. The van der Waals surface area contributed by atoms with Gasteiger partial charge in [-0.25, -0.2) is 4.79 Å². The molecule has 26 heavy (non-hydrogen) atoms. The summed E-state index contributed by atoms with van der Waals surface area (Å²) in [5, 5.41) is 0. The average Bonchev–Trinajstić information content (AvgIpc) is 2.64. The first-order valence-electron chi connectivity index (χ1n) is 8.14. The van der Waals surface area contributed by atoms with E-state index in [1.807, 2.05) is 49.4 Å². The maximum Gasteiger partial charge on any atom is 0.337 e. The second-order valence-electron chi connectivity index (χ2n) is 5.82. The lowest BCUT2D eigenvalue weighted by Gasteiger charge is -2.22. The molecule has 0 saturated heterocycles. The molecule has 1 unspecified atom stereocenters. The molecule has 2 aromatic carbocycles. The number of carbonyl (C=O) groups is 2. The largest absolute Gasteiger partial charge is 0.488 e. The van der Waals surface area contributed by atoms with Gasteiger partial charge in [-0.05, 0) is 24.6 Å². The van der Waals surface area contributed by atoms with Gasteiger partial charge in [-0.2, -0.15) is 0 Å². The van der Waals surface area contributed by atoms with Crippen molar-refractivity contribution in [2.24, 2.45) is 0 Å². The molecule has 0 radical (unpaired) electrons. The zero-order chi connectivity index (χ0) is 19.1. The number of rotatable bonds is 7. The number of ether oxygens (including phenoxy) is 3. The third kappa shape index (κ3) is 4.96. The fraction of sp³-hybridized carbons (Fsp3) is 0.238. The third-order valence-electron chi connectivity index (χ3n) is 3.73. The van der Waals surface area contributed by atoms with Gasteiger partial charge in [0.05, 0.1) is 12.7 Å². The minimum atomic E-state index is -0.981. The molecule has 0 aliphatic rings. The number of hydrogen-bond donors (Lipinski definition) is 0. The minimum Gasteiger partial charge on any atom is -0.488 e. The number of carbonyl (C=O) groups excluding carboxylic acids is 2. The first-order valence-corrected chi connectivity index (χ1v) is 8.14. The Hall–Kier alpha value is -3.08. The van der Waals surface area contributed by atoms with Gasteiger partial charge in [0.2, 0.25) is 0 Å². The van der Waals surface area contributed by atoms with Gasteiger partial charge in [-0.3, -0.25) is 4.79 Å². The van der Waals surface area contributed by atoms with Crippen LogP contribution in [0.3, 0.4) is 0 Å². The lowest BCUT2D eigenvalue weighted by atomic mass is 9.99. The fourth-order valence-corrected chi connectivity index (χ4v) is 2.47. The molecule has 2 rings (SSSR count). The number of aryl methyl sites for hydroxylation is 1.